The molecule has 0 unspecified atom stereocenters. The second-order valence-electron chi connectivity index (χ2n) is 5.65. The number of nitro benzene ring substituents is 1. The lowest BCUT2D eigenvalue weighted by molar-refractivity contribution is -0.384. The summed E-state index contributed by atoms with van der Waals surface area (Å²) < 4.78 is 10.8. The van der Waals surface area contributed by atoms with Crippen LogP contribution in [0, 0.1) is 10.1 Å². The van der Waals surface area contributed by atoms with Crippen molar-refractivity contribution in [3.05, 3.63) is 75.1 Å². The summed E-state index contributed by atoms with van der Waals surface area (Å²) in [7, 11) is 0. The Labute approximate surface area is 158 Å². The van der Waals surface area contributed by atoms with Crippen LogP contribution in [-0.4, -0.2) is 21.1 Å². The largest absolute Gasteiger partial charge is 0.452 e. The minimum absolute atomic E-state index is 0.0212. The molecule has 0 fully saturated rings. The molecule has 1 aromatic heterocycles. The topological polar surface area (TPSA) is 108 Å². The zero-order valence-electron chi connectivity index (χ0n) is 14.2. The van der Waals surface area contributed by atoms with E-state index in [2.05, 4.69) is 10.2 Å². The van der Waals surface area contributed by atoms with E-state index < -0.39 is 17.0 Å². The summed E-state index contributed by atoms with van der Waals surface area (Å²) in [6, 6.07) is 12.7. The lowest BCUT2D eigenvalue weighted by Crippen LogP contribution is -2.12. The Morgan fingerprint density at radius 2 is 1.93 bits per heavy atom. The number of esters is 1. The van der Waals surface area contributed by atoms with E-state index in [1.807, 2.05) is 0 Å². The number of nitro groups is 1. The number of ether oxygens (including phenoxy) is 1. The highest BCUT2D eigenvalue weighted by Gasteiger charge is 2.20. The number of carbonyl (C=O) groups is 1. The lowest BCUT2D eigenvalue weighted by Gasteiger charge is -2.10. The van der Waals surface area contributed by atoms with Gasteiger partial charge < -0.3 is 9.15 Å². The molecule has 0 saturated carbocycles. The first-order chi connectivity index (χ1) is 12.9. The standard InChI is InChI=1S/C18H14ClN3O5/c1-11(26-16(23)10-13-4-2-3-5-15(13)19)17-20-21-18(27-17)12-6-8-14(9-7-12)22(24)25/h2-9,11H,10H2,1H3/t11-/m1/s1. The normalized spacial score (nSPS) is 11.8. The van der Waals surface area contributed by atoms with Crippen LogP contribution in [0.3, 0.4) is 0 Å². The highest BCUT2D eigenvalue weighted by atomic mass is 35.5. The molecule has 0 aliphatic heterocycles. The summed E-state index contributed by atoms with van der Waals surface area (Å²) in [5.41, 5.74) is 1.14. The van der Waals surface area contributed by atoms with Gasteiger partial charge in [-0.05, 0) is 30.7 Å². The quantitative estimate of drug-likeness (QED) is 0.355. The summed E-state index contributed by atoms with van der Waals surface area (Å²) in [4.78, 5) is 22.3. The molecule has 8 nitrogen and oxygen atoms in total. The zero-order valence-corrected chi connectivity index (χ0v) is 14.9. The van der Waals surface area contributed by atoms with E-state index in [0.29, 0.717) is 16.1 Å². The molecule has 138 valence electrons. The van der Waals surface area contributed by atoms with Crippen molar-refractivity contribution >= 4 is 23.3 Å². The molecule has 2 aromatic carbocycles. The minimum atomic E-state index is -0.751. The summed E-state index contributed by atoms with van der Waals surface area (Å²) in [5.74, 6) is -0.185. The lowest BCUT2D eigenvalue weighted by atomic mass is 10.1. The number of halogens is 1. The Hall–Kier alpha value is -3.26. The molecule has 1 heterocycles. The van der Waals surface area contributed by atoms with Crippen molar-refractivity contribution in [2.75, 3.05) is 0 Å². The molecule has 0 N–H and O–H groups in total. The Balaban J connectivity index is 1.66. The van der Waals surface area contributed by atoms with Gasteiger partial charge in [-0.2, -0.15) is 0 Å². The molecule has 3 aromatic rings. The number of benzene rings is 2. The van der Waals surface area contributed by atoms with Gasteiger partial charge in [-0.15, -0.1) is 10.2 Å². The Morgan fingerprint density at radius 1 is 1.22 bits per heavy atom. The molecule has 0 saturated heterocycles. The summed E-state index contributed by atoms with van der Waals surface area (Å²) in [6.07, 6.45) is -0.729. The monoisotopic (exact) mass is 387 g/mol. The van der Waals surface area contributed by atoms with Crippen molar-refractivity contribution in [1.82, 2.24) is 10.2 Å². The molecule has 0 amide bonds. The van der Waals surface area contributed by atoms with Crippen molar-refractivity contribution in [1.29, 1.82) is 0 Å². The number of carbonyl (C=O) groups excluding carboxylic acids is 1. The summed E-state index contributed by atoms with van der Waals surface area (Å²) in [6.45, 7) is 1.61. The third-order valence-electron chi connectivity index (χ3n) is 3.71. The van der Waals surface area contributed by atoms with E-state index in [1.165, 1.54) is 24.3 Å². The van der Waals surface area contributed by atoms with Gasteiger partial charge in [0.25, 0.3) is 11.6 Å². The fraction of sp³-hybridized carbons (Fsp3) is 0.167. The minimum Gasteiger partial charge on any atom is -0.452 e. The van der Waals surface area contributed by atoms with Crippen LogP contribution in [-0.2, 0) is 16.0 Å². The van der Waals surface area contributed by atoms with Crippen LogP contribution in [0.2, 0.25) is 5.02 Å². The molecule has 0 bridgehead atoms. The fourth-order valence-corrected chi connectivity index (χ4v) is 2.53. The zero-order chi connectivity index (χ0) is 19.4. The third-order valence-corrected chi connectivity index (χ3v) is 4.08. The van der Waals surface area contributed by atoms with Gasteiger partial charge in [0.05, 0.1) is 11.3 Å². The van der Waals surface area contributed by atoms with Gasteiger partial charge in [-0.3, -0.25) is 14.9 Å². The molecule has 3 rings (SSSR count). The maximum Gasteiger partial charge on any atom is 0.311 e. The van der Waals surface area contributed by atoms with E-state index >= 15 is 0 Å². The second-order valence-corrected chi connectivity index (χ2v) is 6.06. The molecule has 0 aliphatic carbocycles. The molecular formula is C18H14ClN3O5. The molecular weight excluding hydrogens is 374 g/mol. The first kappa shape index (κ1) is 18.5. The van der Waals surface area contributed by atoms with Crippen LogP contribution < -0.4 is 0 Å². The van der Waals surface area contributed by atoms with Crippen molar-refractivity contribution in [3.8, 4) is 11.5 Å². The van der Waals surface area contributed by atoms with Crippen molar-refractivity contribution in [2.45, 2.75) is 19.4 Å². The number of rotatable bonds is 6. The van der Waals surface area contributed by atoms with Gasteiger partial charge in [0.15, 0.2) is 6.10 Å². The van der Waals surface area contributed by atoms with Crippen LogP contribution in [0.4, 0.5) is 5.69 Å². The van der Waals surface area contributed by atoms with Gasteiger partial charge in [0.2, 0.25) is 5.89 Å². The number of nitrogens with zero attached hydrogens (tertiary/aromatic N) is 3. The van der Waals surface area contributed by atoms with Gasteiger partial charge in [-0.1, -0.05) is 29.8 Å². The van der Waals surface area contributed by atoms with E-state index in [4.69, 9.17) is 20.8 Å². The highest BCUT2D eigenvalue weighted by molar-refractivity contribution is 6.31. The molecule has 0 aliphatic rings. The van der Waals surface area contributed by atoms with Crippen LogP contribution in [0.25, 0.3) is 11.5 Å². The van der Waals surface area contributed by atoms with Crippen molar-refractivity contribution in [2.24, 2.45) is 0 Å². The SMILES string of the molecule is C[C@@H](OC(=O)Cc1ccccc1Cl)c1nnc(-c2ccc([N+](=O)[O-])cc2)o1. The second kappa shape index (κ2) is 7.96. The first-order valence-corrected chi connectivity index (χ1v) is 8.33. The number of hydrogen-bond donors (Lipinski definition) is 0. The fourth-order valence-electron chi connectivity index (χ4n) is 2.33. The van der Waals surface area contributed by atoms with E-state index in [-0.39, 0.29) is 23.9 Å². The van der Waals surface area contributed by atoms with Crippen LogP contribution in [0.15, 0.2) is 52.9 Å². The molecule has 0 radical (unpaired) electrons. The molecule has 9 heteroatoms. The van der Waals surface area contributed by atoms with E-state index in [0.717, 1.165) is 0 Å². The predicted molar refractivity (Wildman–Crippen MR) is 96.1 cm³/mol. The van der Waals surface area contributed by atoms with Gasteiger partial charge in [0.1, 0.15) is 0 Å². The smallest absolute Gasteiger partial charge is 0.311 e. The van der Waals surface area contributed by atoms with Crippen LogP contribution in [0.5, 0.6) is 0 Å². The molecule has 0 spiro atoms. The Morgan fingerprint density at radius 3 is 2.59 bits per heavy atom. The van der Waals surface area contributed by atoms with E-state index in [9.17, 15) is 14.9 Å². The highest BCUT2D eigenvalue weighted by Crippen LogP contribution is 2.25. The first-order valence-electron chi connectivity index (χ1n) is 7.95. The van der Waals surface area contributed by atoms with Gasteiger partial charge in [-0.25, -0.2) is 0 Å². The maximum atomic E-state index is 12.1. The molecule has 1 atom stereocenters. The summed E-state index contributed by atoms with van der Waals surface area (Å²) >= 11 is 6.03. The van der Waals surface area contributed by atoms with Gasteiger partial charge in [0, 0.05) is 22.7 Å². The Bertz CT molecular complexity index is 971. The average Bonchev–Trinajstić information content (AvgIpc) is 3.14. The van der Waals surface area contributed by atoms with Gasteiger partial charge >= 0.3 is 5.97 Å². The van der Waals surface area contributed by atoms with E-state index in [1.54, 1.807) is 31.2 Å². The maximum absolute atomic E-state index is 12.1. The van der Waals surface area contributed by atoms with Crippen molar-refractivity contribution < 1.29 is 18.9 Å². The number of hydrogen-bond acceptors (Lipinski definition) is 7. The molecule has 27 heavy (non-hydrogen) atoms. The van der Waals surface area contributed by atoms with Crippen LogP contribution >= 0.6 is 11.6 Å². The average molecular weight is 388 g/mol. The Kier molecular flexibility index (Phi) is 5.46. The van der Waals surface area contributed by atoms with Crippen LogP contribution in [0.1, 0.15) is 24.5 Å². The predicted octanol–water partition coefficient (Wildman–Crippen LogP) is 4.15. The third kappa shape index (κ3) is 4.48. The summed E-state index contributed by atoms with van der Waals surface area (Å²) in [5, 5.41) is 18.9. The number of aromatic nitrogens is 2. The number of non-ortho nitro benzene ring substituents is 1. The van der Waals surface area contributed by atoms with Crippen molar-refractivity contribution in [3.63, 3.8) is 0 Å².